The number of allylic oxidation sites excluding steroid dienone is 1. The van der Waals surface area contributed by atoms with E-state index in [4.69, 9.17) is 4.74 Å². The number of hydrogen-bond donors (Lipinski definition) is 0. The number of hydrogen-bond acceptors (Lipinski definition) is 2. The lowest BCUT2D eigenvalue weighted by Crippen LogP contribution is -2.00. The third-order valence-electron chi connectivity index (χ3n) is 1.45. The Morgan fingerprint density at radius 3 is 2.46 bits per heavy atom. The Morgan fingerprint density at radius 1 is 1.38 bits per heavy atom. The monoisotopic (exact) mass is 175 g/mol. The van der Waals surface area contributed by atoms with E-state index in [9.17, 15) is 4.79 Å². The van der Waals surface area contributed by atoms with Crippen LogP contribution in [0.2, 0.25) is 0 Å². The molecule has 1 radical (unpaired) electrons. The summed E-state index contributed by atoms with van der Waals surface area (Å²) < 4.78 is 4.87. The molecule has 0 aromatic heterocycles. The summed E-state index contributed by atoms with van der Waals surface area (Å²) in [6.45, 7) is 4.96. The molecule has 2 heteroatoms. The molecular weight excluding hydrogens is 164 g/mol. The van der Waals surface area contributed by atoms with Gasteiger partial charge >= 0.3 is 5.97 Å². The zero-order valence-corrected chi connectivity index (χ0v) is 7.49. The van der Waals surface area contributed by atoms with Crippen molar-refractivity contribution in [1.29, 1.82) is 0 Å². The standard InChI is InChI=1S/C11H11O2/c1-3-4-10-5-7-11(8-6-10)13-9(2)12/h3-8H,1H2,2H3. The minimum atomic E-state index is -0.305. The molecule has 0 unspecified atom stereocenters. The number of ether oxygens (including phenoxy) is 1. The van der Waals surface area contributed by atoms with Gasteiger partial charge in [0.25, 0.3) is 0 Å². The largest absolute Gasteiger partial charge is 0.427 e. The molecule has 0 bridgehead atoms. The fourth-order valence-electron chi connectivity index (χ4n) is 0.949. The van der Waals surface area contributed by atoms with Gasteiger partial charge in [-0.05, 0) is 24.6 Å². The SMILES string of the molecule is [CH2]C=Cc1ccc(OC(C)=O)cc1. The van der Waals surface area contributed by atoms with Gasteiger partial charge in [0.05, 0.1) is 0 Å². The summed E-state index contributed by atoms with van der Waals surface area (Å²) >= 11 is 0. The van der Waals surface area contributed by atoms with E-state index in [0.29, 0.717) is 5.75 Å². The van der Waals surface area contributed by atoms with E-state index >= 15 is 0 Å². The molecule has 0 heterocycles. The maximum absolute atomic E-state index is 10.6. The maximum atomic E-state index is 10.6. The zero-order chi connectivity index (χ0) is 9.68. The lowest BCUT2D eigenvalue weighted by atomic mass is 10.2. The van der Waals surface area contributed by atoms with Crippen molar-refractivity contribution in [3.8, 4) is 5.75 Å². The Labute approximate surface area is 77.8 Å². The average Bonchev–Trinajstić information content (AvgIpc) is 2.08. The van der Waals surface area contributed by atoms with E-state index in [1.54, 1.807) is 18.2 Å². The number of carbonyl (C=O) groups is 1. The number of esters is 1. The second kappa shape index (κ2) is 4.45. The first-order chi connectivity index (χ1) is 6.22. The van der Waals surface area contributed by atoms with Gasteiger partial charge in [0.2, 0.25) is 0 Å². The molecule has 2 nitrogen and oxygen atoms in total. The highest BCUT2D eigenvalue weighted by Gasteiger charge is 1.95. The second-order valence-electron chi connectivity index (χ2n) is 2.57. The maximum Gasteiger partial charge on any atom is 0.308 e. The molecule has 0 spiro atoms. The summed E-state index contributed by atoms with van der Waals surface area (Å²) in [4.78, 5) is 10.6. The number of rotatable bonds is 2. The lowest BCUT2D eigenvalue weighted by molar-refractivity contribution is -0.131. The van der Waals surface area contributed by atoms with Crippen LogP contribution in [0.3, 0.4) is 0 Å². The molecule has 0 fully saturated rings. The molecular formula is C11H11O2. The van der Waals surface area contributed by atoms with Gasteiger partial charge in [-0.15, -0.1) is 0 Å². The van der Waals surface area contributed by atoms with Crippen LogP contribution in [-0.2, 0) is 4.79 Å². The van der Waals surface area contributed by atoms with Crippen LogP contribution in [0.15, 0.2) is 30.3 Å². The van der Waals surface area contributed by atoms with Crippen LogP contribution < -0.4 is 4.74 Å². The van der Waals surface area contributed by atoms with Crippen LogP contribution in [0.4, 0.5) is 0 Å². The zero-order valence-electron chi connectivity index (χ0n) is 7.49. The molecule has 1 aromatic rings. The molecule has 0 saturated heterocycles. The summed E-state index contributed by atoms with van der Waals surface area (Å²) in [5.41, 5.74) is 1.03. The van der Waals surface area contributed by atoms with Crippen LogP contribution in [-0.4, -0.2) is 5.97 Å². The Hall–Kier alpha value is -1.57. The summed E-state index contributed by atoms with van der Waals surface area (Å²) in [6, 6.07) is 7.22. The number of benzene rings is 1. The first kappa shape index (κ1) is 9.52. The van der Waals surface area contributed by atoms with Crippen molar-refractivity contribution in [2.45, 2.75) is 6.92 Å². The van der Waals surface area contributed by atoms with E-state index in [1.165, 1.54) is 6.92 Å². The highest BCUT2D eigenvalue weighted by molar-refractivity contribution is 5.69. The third kappa shape index (κ3) is 3.11. The molecule has 0 atom stereocenters. The topological polar surface area (TPSA) is 26.3 Å². The molecule has 67 valence electrons. The average molecular weight is 175 g/mol. The molecule has 1 aromatic carbocycles. The Kier molecular flexibility index (Phi) is 3.26. The molecule has 0 saturated carbocycles. The molecule has 0 N–H and O–H groups in total. The van der Waals surface area contributed by atoms with Gasteiger partial charge < -0.3 is 4.74 Å². The molecule has 0 aliphatic rings. The highest BCUT2D eigenvalue weighted by atomic mass is 16.5. The Morgan fingerprint density at radius 2 is 2.00 bits per heavy atom. The predicted molar refractivity (Wildman–Crippen MR) is 52.1 cm³/mol. The van der Waals surface area contributed by atoms with Gasteiger partial charge in [0.15, 0.2) is 0 Å². The van der Waals surface area contributed by atoms with Gasteiger partial charge in [0.1, 0.15) is 5.75 Å². The summed E-state index contributed by atoms with van der Waals surface area (Å²) in [5, 5.41) is 0. The highest BCUT2D eigenvalue weighted by Crippen LogP contribution is 2.12. The van der Waals surface area contributed by atoms with Crippen molar-refractivity contribution < 1.29 is 9.53 Å². The van der Waals surface area contributed by atoms with Gasteiger partial charge in [-0.25, -0.2) is 0 Å². The van der Waals surface area contributed by atoms with Crippen LogP contribution in [0.1, 0.15) is 12.5 Å². The van der Waals surface area contributed by atoms with Crippen LogP contribution in [0, 0.1) is 6.92 Å². The first-order valence-electron chi connectivity index (χ1n) is 3.96. The molecule has 0 amide bonds. The third-order valence-corrected chi connectivity index (χ3v) is 1.45. The van der Waals surface area contributed by atoms with Gasteiger partial charge in [0, 0.05) is 6.92 Å². The fourth-order valence-corrected chi connectivity index (χ4v) is 0.949. The van der Waals surface area contributed by atoms with Crippen molar-refractivity contribution in [2.75, 3.05) is 0 Å². The summed E-state index contributed by atoms with van der Waals surface area (Å²) in [5.74, 6) is 0.258. The number of carbonyl (C=O) groups excluding carboxylic acids is 1. The van der Waals surface area contributed by atoms with E-state index in [1.807, 2.05) is 18.2 Å². The molecule has 1 rings (SSSR count). The molecule has 0 aliphatic heterocycles. The van der Waals surface area contributed by atoms with Crippen LogP contribution >= 0.6 is 0 Å². The van der Waals surface area contributed by atoms with E-state index in [0.717, 1.165) is 5.56 Å². The fraction of sp³-hybridized carbons (Fsp3) is 0.0909. The quantitative estimate of drug-likeness (QED) is 0.509. The van der Waals surface area contributed by atoms with Crippen molar-refractivity contribution in [2.24, 2.45) is 0 Å². The van der Waals surface area contributed by atoms with E-state index < -0.39 is 0 Å². The Balaban J connectivity index is 2.75. The molecule has 13 heavy (non-hydrogen) atoms. The van der Waals surface area contributed by atoms with Gasteiger partial charge in [-0.3, -0.25) is 4.79 Å². The van der Waals surface area contributed by atoms with Crippen molar-refractivity contribution in [3.05, 3.63) is 42.8 Å². The van der Waals surface area contributed by atoms with Crippen LogP contribution in [0.5, 0.6) is 5.75 Å². The van der Waals surface area contributed by atoms with Crippen LogP contribution in [0.25, 0.3) is 6.08 Å². The van der Waals surface area contributed by atoms with Crippen molar-refractivity contribution >= 4 is 12.0 Å². The predicted octanol–water partition coefficient (Wildman–Crippen LogP) is 2.46. The van der Waals surface area contributed by atoms with Crippen molar-refractivity contribution in [1.82, 2.24) is 0 Å². The summed E-state index contributed by atoms with van der Waals surface area (Å²) in [7, 11) is 0. The van der Waals surface area contributed by atoms with E-state index in [2.05, 4.69) is 6.92 Å². The smallest absolute Gasteiger partial charge is 0.308 e. The normalized spacial score (nSPS) is 10.3. The van der Waals surface area contributed by atoms with Crippen molar-refractivity contribution in [3.63, 3.8) is 0 Å². The summed E-state index contributed by atoms with van der Waals surface area (Å²) in [6.07, 6.45) is 3.58. The minimum Gasteiger partial charge on any atom is -0.427 e. The first-order valence-corrected chi connectivity index (χ1v) is 3.96. The van der Waals surface area contributed by atoms with E-state index in [-0.39, 0.29) is 5.97 Å². The lowest BCUT2D eigenvalue weighted by Gasteiger charge is -2.00. The van der Waals surface area contributed by atoms with Gasteiger partial charge in [-0.1, -0.05) is 24.3 Å². The Bertz CT molecular complexity index is 309. The second-order valence-corrected chi connectivity index (χ2v) is 2.57. The minimum absolute atomic E-state index is 0.305. The molecule has 0 aliphatic carbocycles. The van der Waals surface area contributed by atoms with Gasteiger partial charge in [-0.2, -0.15) is 0 Å².